The second kappa shape index (κ2) is 9.10. The Morgan fingerprint density at radius 2 is 2.07 bits per heavy atom. The highest BCUT2D eigenvalue weighted by Gasteiger charge is 2.21. The van der Waals surface area contributed by atoms with Gasteiger partial charge < -0.3 is 19.2 Å². The SMILES string of the molecule is CCC1CN=C(c2cc3cc(Oc4ccc(COC)nc4)cc(OC(C)C)c3[nH]2)S1. The van der Waals surface area contributed by atoms with Crippen LogP contribution in [0.15, 0.2) is 41.5 Å². The van der Waals surface area contributed by atoms with E-state index in [1.165, 1.54) is 0 Å². The molecule has 0 amide bonds. The van der Waals surface area contributed by atoms with Crippen molar-refractivity contribution in [2.75, 3.05) is 13.7 Å². The summed E-state index contributed by atoms with van der Waals surface area (Å²) >= 11 is 1.84. The van der Waals surface area contributed by atoms with E-state index in [1.54, 1.807) is 13.3 Å². The van der Waals surface area contributed by atoms with Crippen LogP contribution >= 0.6 is 11.8 Å². The summed E-state index contributed by atoms with van der Waals surface area (Å²) in [5, 5.41) is 2.66. The molecule has 0 spiro atoms. The number of nitrogens with one attached hydrogen (secondary N) is 1. The summed E-state index contributed by atoms with van der Waals surface area (Å²) in [6, 6.07) is 9.86. The van der Waals surface area contributed by atoms with E-state index in [2.05, 4.69) is 23.0 Å². The Bertz CT molecular complexity index is 1040. The van der Waals surface area contributed by atoms with E-state index in [0.717, 1.165) is 46.0 Å². The number of pyridine rings is 1. The van der Waals surface area contributed by atoms with Crippen LogP contribution in [0, 0.1) is 0 Å². The van der Waals surface area contributed by atoms with E-state index in [4.69, 9.17) is 19.2 Å². The van der Waals surface area contributed by atoms with Gasteiger partial charge in [-0.25, -0.2) is 0 Å². The molecule has 158 valence electrons. The minimum Gasteiger partial charge on any atom is -0.489 e. The molecule has 3 aromatic rings. The maximum absolute atomic E-state index is 6.09. The Kier molecular flexibility index (Phi) is 6.29. The molecule has 1 N–H and O–H groups in total. The first kappa shape index (κ1) is 20.8. The Morgan fingerprint density at radius 1 is 1.20 bits per heavy atom. The number of benzene rings is 1. The van der Waals surface area contributed by atoms with Crippen LogP contribution in [0.3, 0.4) is 0 Å². The Balaban J connectivity index is 1.65. The molecule has 0 fully saturated rings. The minimum atomic E-state index is 0.0489. The molecule has 0 aliphatic carbocycles. The van der Waals surface area contributed by atoms with E-state index in [-0.39, 0.29) is 6.10 Å². The number of thioether (sulfide) groups is 1. The normalized spacial score (nSPS) is 16.3. The number of H-pyrrole nitrogens is 1. The van der Waals surface area contributed by atoms with Gasteiger partial charge in [-0.05, 0) is 44.5 Å². The molecule has 1 aliphatic rings. The van der Waals surface area contributed by atoms with Crippen LogP contribution in [0.25, 0.3) is 10.9 Å². The molecule has 1 aromatic carbocycles. The second-order valence-corrected chi connectivity index (χ2v) is 8.84. The molecular weight excluding hydrogens is 398 g/mol. The molecule has 0 bridgehead atoms. The smallest absolute Gasteiger partial charge is 0.147 e. The fourth-order valence-electron chi connectivity index (χ4n) is 3.32. The van der Waals surface area contributed by atoms with Crippen molar-refractivity contribution in [1.29, 1.82) is 0 Å². The zero-order chi connectivity index (χ0) is 21.1. The first-order valence-corrected chi connectivity index (χ1v) is 11.1. The zero-order valence-corrected chi connectivity index (χ0v) is 18.6. The zero-order valence-electron chi connectivity index (χ0n) is 17.8. The fraction of sp³-hybridized carbons (Fsp3) is 0.391. The molecule has 30 heavy (non-hydrogen) atoms. The van der Waals surface area contributed by atoms with Crippen molar-refractivity contribution in [3.05, 3.63) is 47.9 Å². The van der Waals surface area contributed by atoms with Gasteiger partial charge in [-0.15, -0.1) is 0 Å². The van der Waals surface area contributed by atoms with Gasteiger partial charge in [0, 0.05) is 23.8 Å². The van der Waals surface area contributed by atoms with E-state index in [9.17, 15) is 0 Å². The van der Waals surface area contributed by atoms with Gasteiger partial charge in [-0.3, -0.25) is 9.98 Å². The van der Waals surface area contributed by atoms with E-state index < -0.39 is 0 Å². The van der Waals surface area contributed by atoms with Gasteiger partial charge in [0.1, 0.15) is 22.3 Å². The lowest BCUT2D eigenvalue weighted by atomic mass is 10.2. The lowest BCUT2D eigenvalue weighted by molar-refractivity contribution is 0.181. The first-order valence-electron chi connectivity index (χ1n) is 10.2. The Hall–Kier alpha value is -2.51. The predicted octanol–water partition coefficient (Wildman–Crippen LogP) is 5.56. The highest BCUT2D eigenvalue weighted by Crippen LogP contribution is 2.36. The van der Waals surface area contributed by atoms with Crippen LogP contribution in [0.5, 0.6) is 17.2 Å². The number of aromatic nitrogens is 2. The van der Waals surface area contributed by atoms with Gasteiger partial charge in [-0.2, -0.15) is 0 Å². The average Bonchev–Trinajstić information content (AvgIpc) is 3.36. The van der Waals surface area contributed by atoms with Crippen LogP contribution in [-0.2, 0) is 11.3 Å². The largest absolute Gasteiger partial charge is 0.489 e. The molecule has 1 unspecified atom stereocenters. The van der Waals surface area contributed by atoms with Crippen LogP contribution in [0.1, 0.15) is 38.6 Å². The van der Waals surface area contributed by atoms with E-state index in [0.29, 0.717) is 23.4 Å². The maximum atomic E-state index is 6.09. The summed E-state index contributed by atoms with van der Waals surface area (Å²) in [4.78, 5) is 12.6. The van der Waals surface area contributed by atoms with E-state index >= 15 is 0 Å². The number of fused-ring (bicyclic) bond motifs is 1. The topological polar surface area (TPSA) is 68.7 Å². The molecule has 7 heteroatoms. The number of hydrogen-bond donors (Lipinski definition) is 1. The Morgan fingerprint density at radius 3 is 2.73 bits per heavy atom. The van der Waals surface area contributed by atoms with Gasteiger partial charge in [0.05, 0.1) is 42.4 Å². The number of ether oxygens (including phenoxy) is 3. The lowest BCUT2D eigenvalue weighted by Crippen LogP contribution is -2.06. The van der Waals surface area contributed by atoms with Gasteiger partial charge in [-0.1, -0.05) is 18.7 Å². The molecule has 2 aromatic heterocycles. The number of aromatic amines is 1. The molecule has 4 rings (SSSR count). The number of hydrogen-bond acceptors (Lipinski definition) is 6. The fourth-order valence-corrected chi connectivity index (χ4v) is 4.34. The number of methoxy groups -OCH3 is 1. The summed E-state index contributed by atoms with van der Waals surface area (Å²) < 4.78 is 17.3. The second-order valence-electron chi connectivity index (χ2n) is 7.55. The van der Waals surface area contributed by atoms with Crippen molar-refractivity contribution in [2.45, 2.75) is 45.2 Å². The van der Waals surface area contributed by atoms with Crippen LogP contribution in [0.4, 0.5) is 0 Å². The number of rotatable bonds is 8. The van der Waals surface area contributed by atoms with Crippen molar-refractivity contribution in [3.8, 4) is 17.2 Å². The van der Waals surface area contributed by atoms with Gasteiger partial charge in [0.15, 0.2) is 0 Å². The summed E-state index contributed by atoms with van der Waals surface area (Å²) in [6.45, 7) is 7.60. The third-order valence-corrected chi connectivity index (χ3v) is 6.14. The summed E-state index contributed by atoms with van der Waals surface area (Å²) in [7, 11) is 1.65. The average molecular weight is 426 g/mol. The standard InChI is InChI=1S/C23H27N3O3S/c1-5-19-12-25-23(30-19)20-9-15-8-18(10-21(22(15)26-20)28-14(2)3)29-17-7-6-16(13-27-4)24-11-17/h6-11,14,19,26H,5,12-13H2,1-4H3. The maximum Gasteiger partial charge on any atom is 0.147 e. The summed E-state index contributed by atoms with van der Waals surface area (Å²) in [5.74, 6) is 2.14. The van der Waals surface area contributed by atoms with Crippen LogP contribution < -0.4 is 9.47 Å². The van der Waals surface area contributed by atoms with Crippen molar-refractivity contribution in [2.24, 2.45) is 4.99 Å². The van der Waals surface area contributed by atoms with Gasteiger partial charge in [0.2, 0.25) is 0 Å². The number of aliphatic imine (C=N–C) groups is 1. The predicted molar refractivity (Wildman–Crippen MR) is 122 cm³/mol. The molecule has 6 nitrogen and oxygen atoms in total. The quantitative estimate of drug-likeness (QED) is 0.512. The van der Waals surface area contributed by atoms with Gasteiger partial charge in [0.25, 0.3) is 0 Å². The van der Waals surface area contributed by atoms with Crippen LogP contribution in [-0.4, -0.2) is 40.0 Å². The summed E-state index contributed by atoms with van der Waals surface area (Å²) in [5.41, 5.74) is 2.85. The molecule has 0 saturated carbocycles. The third kappa shape index (κ3) is 4.63. The molecule has 0 saturated heterocycles. The van der Waals surface area contributed by atoms with Crippen molar-refractivity contribution >= 4 is 27.7 Å². The minimum absolute atomic E-state index is 0.0489. The van der Waals surface area contributed by atoms with Crippen molar-refractivity contribution < 1.29 is 14.2 Å². The highest BCUT2D eigenvalue weighted by molar-refractivity contribution is 8.15. The monoisotopic (exact) mass is 425 g/mol. The third-order valence-electron chi connectivity index (χ3n) is 4.76. The van der Waals surface area contributed by atoms with Crippen molar-refractivity contribution in [1.82, 2.24) is 9.97 Å². The molecular formula is C23H27N3O3S. The van der Waals surface area contributed by atoms with Gasteiger partial charge >= 0.3 is 0 Å². The molecule has 1 aliphatic heterocycles. The van der Waals surface area contributed by atoms with Crippen molar-refractivity contribution in [3.63, 3.8) is 0 Å². The van der Waals surface area contributed by atoms with Crippen LogP contribution in [0.2, 0.25) is 0 Å². The molecule has 3 heterocycles. The number of nitrogens with zero attached hydrogens (tertiary/aromatic N) is 2. The highest BCUT2D eigenvalue weighted by atomic mass is 32.2. The summed E-state index contributed by atoms with van der Waals surface area (Å²) in [6.07, 6.45) is 2.88. The Labute approximate surface area is 181 Å². The lowest BCUT2D eigenvalue weighted by Gasteiger charge is -2.13. The molecule has 1 atom stereocenters. The first-order chi connectivity index (χ1) is 14.6. The molecule has 0 radical (unpaired) electrons. The van der Waals surface area contributed by atoms with E-state index in [1.807, 2.05) is 49.9 Å².